The van der Waals surface area contributed by atoms with Crippen molar-refractivity contribution in [1.29, 1.82) is 0 Å². The molecule has 72 valence electrons. The fourth-order valence-electron chi connectivity index (χ4n) is 1.71. The fourth-order valence-corrected chi connectivity index (χ4v) is 1.71. The summed E-state index contributed by atoms with van der Waals surface area (Å²) >= 11 is 0. The number of rotatable bonds is 1. The summed E-state index contributed by atoms with van der Waals surface area (Å²) in [6.07, 6.45) is 0.906. The minimum absolute atomic E-state index is 0.196. The van der Waals surface area contributed by atoms with Crippen LogP contribution >= 0.6 is 0 Å². The van der Waals surface area contributed by atoms with E-state index in [0.717, 1.165) is 28.6 Å². The number of aryl methyl sites for hydroxylation is 2. The van der Waals surface area contributed by atoms with E-state index in [2.05, 4.69) is 11.9 Å². The Labute approximate surface area is 82.6 Å². The molecule has 0 fully saturated rings. The topological polar surface area (TPSA) is 12.9 Å². The van der Waals surface area contributed by atoms with E-state index >= 15 is 0 Å². The Hall–Kier alpha value is -1.44. The van der Waals surface area contributed by atoms with Gasteiger partial charge in [-0.15, -0.1) is 0 Å². The van der Waals surface area contributed by atoms with E-state index in [1.165, 1.54) is 6.07 Å². The van der Waals surface area contributed by atoms with Gasteiger partial charge in [0.2, 0.25) is 0 Å². The molecule has 0 N–H and O–H groups in total. The molecule has 2 heteroatoms. The van der Waals surface area contributed by atoms with Gasteiger partial charge in [-0.05, 0) is 43.2 Å². The average molecular weight is 189 g/mol. The summed E-state index contributed by atoms with van der Waals surface area (Å²) in [6, 6.07) is 6.76. The molecule has 0 amide bonds. The highest BCUT2D eigenvalue weighted by Crippen LogP contribution is 2.19. The SMILES string of the molecule is CCc1cc(C)nc2ccc(F)cc12. The number of hydrogen-bond donors (Lipinski definition) is 0. The fraction of sp³-hybridized carbons (Fsp3) is 0.250. The molecule has 0 saturated heterocycles. The van der Waals surface area contributed by atoms with Gasteiger partial charge < -0.3 is 0 Å². The summed E-state index contributed by atoms with van der Waals surface area (Å²) in [5.74, 6) is -0.196. The quantitative estimate of drug-likeness (QED) is 0.671. The maximum absolute atomic E-state index is 13.0. The number of hydrogen-bond acceptors (Lipinski definition) is 1. The molecule has 1 aromatic heterocycles. The number of aromatic nitrogens is 1. The second-order valence-electron chi connectivity index (χ2n) is 3.44. The van der Waals surface area contributed by atoms with Crippen LogP contribution in [0.5, 0.6) is 0 Å². The van der Waals surface area contributed by atoms with Crippen LogP contribution in [0.1, 0.15) is 18.2 Å². The molecule has 1 nitrogen and oxygen atoms in total. The first-order chi connectivity index (χ1) is 6.70. The van der Waals surface area contributed by atoms with Crippen LogP contribution in [0.15, 0.2) is 24.3 Å². The summed E-state index contributed by atoms with van der Waals surface area (Å²) < 4.78 is 13.0. The van der Waals surface area contributed by atoms with Crippen LogP contribution in [0.25, 0.3) is 10.9 Å². The van der Waals surface area contributed by atoms with E-state index in [4.69, 9.17) is 0 Å². The lowest BCUT2D eigenvalue weighted by Crippen LogP contribution is -1.91. The van der Waals surface area contributed by atoms with Gasteiger partial charge in [0.05, 0.1) is 5.52 Å². The lowest BCUT2D eigenvalue weighted by molar-refractivity contribution is 0.629. The van der Waals surface area contributed by atoms with Crippen LogP contribution in [0.4, 0.5) is 4.39 Å². The van der Waals surface area contributed by atoms with Crippen molar-refractivity contribution in [2.24, 2.45) is 0 Å². The highest BCUT2D eigenvalue weighted by molar-refractivity contribution is 5.82. The predicted octanol–water partition coefficient (Wildman–Crippen LogP) is 3.24. The Balaban J connectivity index is 2.81. The standard InChI is InChI=1S/C12H12FN/c1-3-9-6-8(2)14-12-5-4-10(13)7-11(9)12/h4-7H,3H2,1-2H3. The van der Waals surface area contributed by atoms with Gasteiger partial charge in [-0.3, -0.25) is 4.98 Å². The first-order valence-electron chi connectivity index (χ1n) is 4.76. The van der Waals surface area contributed by atoms with Crippen molar-refractivity contribution >= 4 is 10.9 Å². The molecule has 1 aromatic carbocycles. The van der Waals surface area contributed by atoms with Crippen molar-refractivity contribution in [1.82, 2.24) is 4.98 Å². The van der Waals surface area contributed by atoms with Crippen molar-refractivity contribution in [3.05, 3.63) is 41.3 Å². The van der Waals surface area contributed by atoms with Gasteiger partial charge in [-0.1, -0.05) is 6.92 Å². The third kappa shape index (κ3) is 1.48. The van der Waals surface area contributed by atoms with Crippen LogP contribution in [-0.2, 0) is 6.42 Å². The highest BCUT2D eigenvalue weighted by Gasteiger charge is 2.03. The van der Waals surface area contributed by atoms with Gasteiger partial charge >= 0.3 is 0 Å². The molecule has 0 bridgehead atoms. The number of pyridine rings is 1. The minimum Gasteiger partial charge on any atom is -0.253 e. The van der Waals surface area contributed by atoms with Gasteiger partial charge in [-0.25, -0.2) is 4.39 Å². The summed E-state index contributed by atoms with van der Waals surface area (Å²) in [4.78, 5) is 4.36. The molecule has 1 heterocycles. The van der Waals surface area contributed by atoms with Crippen LogP contribution in [0, 0.1) is 12.7 Å². The molecular formula is C12H12FN. The number of fused-ring (bicyclic) bond motifs is 1. The summed E-state index contributed by atoms with van der Waals surface area (Å²) in [6.45, 7) is 4.03. The summed E-state index contributed by atoms with van der Waals surface area (Å²) in [5, 5.41) is 0.929. The van der Waals surface area contributed by atoms with Crippen molar-refractivity contribution in [3.63, 3.8) is 0 Å². The smallest absolute Gasteiger partial charge is 0.123 e. The van der Waals surface area contributed by atoms with Gasteiger partial charge in [0.1, 0.15) is 5.82 Å². The van der Waals surface area contributed by atoms with E-state index < -0.39 is 0 Å². The van der Waals surface area contributed by atoms with Crippen LogP contribution in [0.2, 0.25) is 0 Å². The molecule has 0 unspecified atom stereocenters. The van der Waals surface area contributed by atoms with Crippen LogP contribution < -0.4 is 0 Å². The Kier molecular flexibility index (Phi) is 2.20. The average Bonchev–Trinajstić information content (AvgIpc) is 2.17. The predicted molar refractivity (Wildman–Crippen MR) is 55.8 cm³/mol. The maximum Gasteiger partial charge on any atom is 0.123 e. The number of benzene rings is 1. The zero-order valence-electron chi connectivity index (χ0n) is 8.34. The summed E-state index contributed by atoms with van der Waals surface area (Å²) in [5.41, 5.74) is 3.02. The van der Waals surface area contributed by atoms with E-state index in [1.54, 1.807) is 12.1 Å². The number of nitrogens with zero attached hydrogens (tertiary/aromatic N) is 1. The molecule has 2 aromatic rings. The van der Waals surface area contributed by atoms with E-state index in [-0.39, 0.29) is 5.82 Å². The molecule has 0 spiro atoms. The minimum atomic E-state index is -0.196. The maximum atomic E-state index is 13.0. The molecule has 0 atom stereocenters. The molecule has 0 aliphatic rings. The first kappa shape index (κ1) is 9.13. The molecule has 0 saturated carbocycles. The molecule has 2 rings (SSSR count). The second-order valence-corrected chi connectivity index (χ2v) is 3.44. The van der Waals surface area contributed by atoms with E-state index in [9.17, 15) is 4.39 Å². The van der Waals surface area contributed by atoms with E-state index in [1.807, 2.05) is 13.0 Å². The van der Waals surface area contributed by atoms with E-state index in [0.29, 0.717) is 0 Å². The molecule has 0 aliphatic carbocycles. The largest absolute Gasteiger partial charge is 0.253 e. The van der Waals surface area contributed by atoms with Gasteiger partial charge in [0.25, 0.3) is 0 Å². The number of halogens is 1. The zero-order chi connectivity index (χ0) is 10.1. The molecule has 0 aliphatic heterocycles. The third-order valence-electron chi connectivity index (χ3n) is 2.37. The first-order valence-corrected chi connectivity index (χ1v) is 4.76. The zero-order valence-corrected chi connectivity index (χ0v) is 8.34. The Morgan fingerprint density at radius 2 is 2.07 bits per heavy atom. The Morgan fingerprint density at radius 1 is 1.29 bits per heavy atom. The molecular weight excluding hydrogens is 177 g/mol. The Bertz CT molecular complexity index is 477. The lowest BCUT2D eigenvalue weighted by atomic mass is 10.1. The lowest BCUT2D eigenvalue weighted by Gasteiger charge is -2.05. The Morgan fingerprint density at radius 3 is 2.79 bits per heavy atom. The van der Waals surface area contributed by atoms with Crippen LogP contribution in [0.3, 0.4) is 0 Å². The second kappa shape index (κ2) is 3.37. The summed E-state index contributed by atoms with van der Waals surface area (Å²) in [7, 11) is 0. The van der Waals surface area contributed by atoms with Gasteiger partial charge in [-0.2, -0.15) is 0 Å². The van der Waals surface area contributed by atoms with Crippen molar-refractivity contribution in [3.8, 4) is 0 Å². The van der Waals surface area contributed by atoms with Crippen LogP contribution in [-0.4, -0.2) is 4.98 Å². The molecule has 14 heavy (non-hydrogen) atoms. The van der Waals surface area contributed by atoms with Crippen molar-refractivity contribution < 1.29 is 4.39 Å². The van der Waals surface area contributed by atoms with Gasteiger partial charge in [0, 0.05) is 11.1 Å². The molecule has 0 radical (unpaired) electrons. The highest BCUT2D eigenvalue weighted by atomic mass is 19.1. The van der Waals surface area contributed by atoms with Crippen molar-refractivity contribution in [2.75, 3.05) is 0 Å². The van der Waals surface area contributed by atoms with Crippen molar-refractivity contribution in [2.45, 2.75) is 20.3 Å². The normalized spacial score (nSPS) is 10.8. The van der Waals surface area contributed by atoms with Gasteiger partial charge in [0.15, 0.2) is 0 Å². The third-order valence-corrected chi connectivity index (χ3v) is 2.37. The monoisotopic (exact) mass is 189 g/mol.